The molecule has 0 aromatic carbocycles. The van der Waals surface area contributed by atoms with Crippen molar-refractivity contribution in [2.24, 2.45) is 0 Å². The van der Waals surface area contributed by atoms with Gasteiger partial charge in [-0.05, 0) is 0 Å². The summed E-state index contributed by atoms with van der Waals surface area (Å²) >= 11 is 0. The number of aliphatic hydroxyl groups is 1. The first-order chi connectivity index (χ1) is 4.31. The molecule has 0 bridgehead atoms. The van der Waals surface area contributed by atoms with Crippen LogP contribution < -0.4 is 5.32 Å². The molecule has 4 nitrogen and oxygen atoms in total. The minimum Gasteiger partial charge on any atom is -0.377 e. The molecule has 0 aliphatic rings. The zero-order valence-electron chi connectivity index (χ0n) is 4.83. The lowest BCUT2D eigenvalue weighted by Crippen LogP contribution is -2.23. The molecule has 0 saturated heterocycles. The molecule has 0 fully saturated rings. The Morgan fingerprint density at radius 2 is 2.33 bits per heavy atom. The van der Waals surface area contributed by atoms with Crippen molar-refractivity contribution in [1.82, 2.24) is 5.32 Å². The van der Waals surface area contributed by atoms with Gasteiger partial charge in [0.15, 0.2) is 8.46 Å². The van der Waals surface area contributed by atoms with Gasteiger partial charge in [-0.1, -0.05) is 0 Å². The number of hydrogen-bond acceptors (Lipinski definition) is 3. The molecule has 0 aliphatic carbocycles. The van der Waals surface area contributed by atoms with Crippen molar-refractivity contribution in [2.45, 2.75) is 6.42 Å². The molecule has 0 atom stereocenters. The molecule has 0 saturated carbocycles. The highest BCUT2D eigenvalue weighted by atomic mass is 31.1. The topological polar surface area (TPSA) is 66.4 Å². The number of aliphatic hydroxyl groups excluding tert-OH is 1. The van der Waals surface area contributed by atoms with E-state index in [1.807, 2.05) is 0 Å². The van der Waals surface area contributed by atoms with Gasteiger partial charge < -0.3 is 10.4 Å². The number of carbonyl (C=O) groups excluding carboxylic acids is 1. The van der Waals surface area contributed by atoms with E-state index in [9.17, 15) is 9.36 Å². The van der Waals surface area contributed by atoms with E-state index in [-0.39, 0.29) is 27.5 Å². The molecule has 52 valence electrons. The predicted octanol–water partition coefficient (Wildman–Crippen LogP) is -0.266. The Hall–Kier alpha value is -0.470. The summed E-state index contributed by atoms with van der Waals surface area (Å²) in [6.07, 6.45) is 0.511. The van der Waals surface area contributed by atoms with E-state index in [2.05, 4.69) is 5.32 Å². The SMILES string of the molecule is O=PCCC(=O)NCO. The summed E-state index contributed by atoms with van der Waals surface area (Å²) in [7, 11) is -0.0371. The number of nitrogens with one attached hydrogen (secondary N) is 1. The Kier molecular flexibility index (Phi) is 5.37. The molecule has 5 heteroatoms. The van der Waals surface area contributed by atoms with Gasteiger partial charge in [0.2, 0.25) is 5.91 Å². The van der Waals surface area contributed by atoms with Gasteiger partial charge in [-0.3, -0.25) is 9.36 Å². The summed E-state index contributed by atoms with van der Waals surface area (Å²) in [5.41, 5.74) is 0. The van der Waals surface area contributed by atoms with Crippen LogP contribution in [0.3, 0.4) is 0 Å². The highest BCUT2D eigenvalue weighted by molar-refractivity contribution is 7.23. The van der Waals surface area contributed by atoms with Crippen molar-refractivity contribution < 1.29 is 14.5 Å². The van der Waals surface area contributed by atoms with E-state index in [1.54, 1.807) is 0 Å². The van der Waals surface area contributed by atoms with E-state index in [0.29, 0.717) is 6.16 Å². The van der Waals surface area contributed by atoms with E-state index >= 15 is 0 Å². The maximum absolute atomic E-state index is 10.4. The zero-order chi connectivity index (χ0) is 7.11. The molecule has 0 unspecified atom stereocenters. The van der Waals surface area contributed by atoms with Crippen molar-refractivity contribution in [2.75, 3.05) is 12.9 Å². The van der Waals surface area contributed by atoms with Gasteiger partial charge in [-0.25, -0.2) is 0 Å². The van der Waals surface area contributed by atoms with Gasteiger partial charge in [0.05, 0.1) is 0 Å². The standard InChI is InChI=1S/C4H8NO3P/c6-3-5-4(7)1-2-9-8/h6H,1-3H2,(H,5,7). The number of amides is 1. The molecule has 0 radical (unpaired) electrons. The minimum absolute atomic E-state index is 0.0371. The molecule has 0 heterocycles. The Balaban J connectivity index is 3.16. The third-order valence-corrected chi connectivity index (χ3v) is 1.11. The lowest BCUT2D eigenvalue weighted by atomic mass is 10.5. The first-order valence-corrected chi connectivity index (χ1v) is 3.47. The molecule has 9 heavy (non-hydrogen) atoms. The van der Waals surface area contributed by atoms with Crippen molar-refractivity contribution in [3.63, 3.8) is 0 Å². The highest BCUT2D eigenvalue weighted by Gasteiger charge is 1.96. The van der Waals surface area contributed by atoms with Crippen LogP contribution in [-0.2, 0) is 9.36 Å². The third kappa shape index (κ3) is 5.40. The normalized spacial score (nSPS) is 9.44. The van der Waals surface area contributed by atoms with Crippen LogP contribution in [0.1, 0.15) is 6.42 Å². The Morgan fingerprint density at radius 3 is 2.78 bits per heavy atom. The summed E-state index contributed by atoms with van der Waals surface area (Å²) in [4.78, 5) is 10.4. The molecule has 0 rings (SSSR count). The zero-order valence-corrected chi connectivity index (χ0v) is 5.73. The molecule has 2 N–H and O–H groups in total. The molecular weight excluding hydrogens is 141 g/mol. The predicted molar refractivity (Wildman–Crippen MR) is 32.3 cm³/mol. The van der Waals surface area contributed by atoms with E-state index in [1.165, 1.54) is 0 Å². The number of hydrogen-bond donors (Lipinski definition) is 2. The van der Waals surface area contributed by atoms with Gasteiger partial charge in [0, 0.05) is 12.6 Å². The van der Waals surface area contributed by atoms with Crippen LogP contribution in [0.5, 0.6) is 0 Å². The molecule has 0 aromatic rings. The maximum atomic E-state index is 10.4. The third-order valence-electron chi connectivity index (χ3n) is 0.706. The number of carbonyl (C=O) groups is 1. The first kappa shape index (κ1) is 8.53. The summed E-state index contributed by atoms with van der Waals surface area (Å²) in [6, 6.07) is 0. The molecule has 0 aromatic heterocycles. The number of rotatable bonds is 4. The van der Waals surface area contributed by atoms with E-state index < -0.39 is 0 Å². The molecule has 0 aliphatic heterocycles. The second-order valence-electron chi connectivity index (χ2n) is 1.36. The van der Waals surface area contributed by atoms with Gasteiger partial charge >= 0.3 is 0 Å². The van der Waals surface area contributed by atoms with Crippen LogP contribution in [0, 0.1) is 0 Å². The van der Waals surface area contributed by atoms with Crippen LogP contribution in [-0.4, -0.2) is 23.9 Å². The van der Waals surface area contributed by atoms with E-state index in [0.717, 1.165) is 0 Å². The molecule has 1 amide bonds. The summed E-state index contributed by atoms with van der Waals surface area (Å²) in [6.45, 7) is -0.353. The summed E-state index contributed by atoms with van der Waals surface area (Å²) in [5.74, 6) is -0.277. The highest BCUT2D eigenvalue weighted by Crippen LogP contribution is 1.93. The summed E-state index contributed by atoms with van der Waals surface area (Å²) in [5, 5.41) is 10.3. The van der Waals surface area contributed by atoms with Gasteiger partial charge in [0.25, 0.3) is 0 Å². The minimum atomic E-state index is -0.353. The van der Waals surface area contributed by atoms with Gasteiger partial charge in [0.1, 0.15) is 6.73 Å². The lowest BCUT2D eigenvalue weighted by Gasteiger charge is -1.95. The fourth-order valence-corrected chi connectivity index (χ4v) is 0.618. The average Bonchev–Trinajstić information content (AvgIpc) is 1.85. The summed E-state index contributed by atoms with van der Waals surface area (Å²) < 4.78 is 9.77. The second kappa shape index (κ2) is 5.66. The lowest BCUT2D eigenvalue weighted by molar-refractivity contribution is -0.121. The van der Waals surface area contributed by atoms with Crippen LogP contribution >= 0.6 is 8.46 Å². The Bertz CT molecular complexity index is 106. The van der Waals surface area contributed by atoms with Crippen LogP contribution in [0.25, 0.3) is 0 Å². The largest absolute Gasteiger partial charge is 0.377 e. The van der Waals surface area contributed by atoms with Gasteiger partial charge in [-0.15, -0.1) is 0 Å². The van der Waals surface area contributed by atoms with E-state index in [4.69, 9.17) is 5.11 Å². The second-order valence-corrected chi connectivity index (χ2v) is 2.07. The Labute approximate surface area is 54.5 Å². The Morgan fingerprint density at radius 1 is 1.67 bits per heavy atom. The van der Waals surface area contributed by atoms with Crippen LogP contribution in [0.15, 0.2) is 0 Å². The monoisotopic (exact) mass is 149 g/mol. The first-order valence-electron chi connectivity index (χ1n) is 2.48. The smallest absolute Gasteiger partial charge is 0.222 e. The molecular formula is C4H8NO3P. The quantitative estimate of drug-likeness (QED) is 0.427. The average molecular weight is 149 g/mol. The van der Waals surface area contributed by atoms with Crippen molar-refractivity contribution in [1.29, 1.82) is 0 Å². The van der Waals surface area contributed by atoms with Crippen molar-refractivity contribution in [3.8, 4) is 0 Å². The van der Waals surface area contributed by atoms with Crippen LogP contribution in [0.4, 0.5) is 0 Å². The molecule has 0 spiro atoms. The van der Waals surface area contributed by atoms with Crippen LogP contribution in [0.2, 0.25) is 0 Å². The maximum Gasteiger partial charge on any atom is 0.222 e. The van der Waals surface area contributed by atoms with Crippen molar-refractivity contribution in [3.05, 3.63) is 0 Å². The fraction of sp³-hybridized carbons (Fsp3) is 0.750. The van der Waals surface area contributed by atoms with Crippen molar-refractivity contribution >= 4 is 14.4 Å². The van der Waals surface area contributed by atoms with Gasteiger partial charge in [-0.2, -0.15) is 0 Å². The fourth-order valence-electron chi connectivity index (χ4n) is 0.324.